The van der Waals surface area contributed by atoms with Crippen LogP contribution < -0.4 is 4.74 Å². The molecule has 1 fully saturated rings. The minimum atomic E-state index is 0.259. The summed E-state index contributed by atoms with van der Waals surface area (Å²) in [7, 11) is 0. The van der Waals surface area contributed by atoms with E-state index in [9.17, 15) is 0 Å². The van der Waals surface area contributed by atoms with Crippen molar-refractivity contribution < 1.29 is 9.47 Å². The van der Waals surface area contributed by atoms with Crippen molar-refractivity contribution in [2.24, 2.45) is 0 Å². The third-order valence-corrected chi connectivity index (χ3v) is 5.85. The Morgan fingerprint density at radius 3 is 2.29 bits per heavy atom. The van der Waals surface area contributed by atoms with Crippen LogP contribution in [-0.2, 0) is 11.2 Å². The number of rotatable bonds is 4. The van der Waals surface area contributed by atoms with Gasteiger partial charge in [0.15, 0.2) is 0 Å². The fourth-order valence-corrected chi connectivity index (χ4v) is 4.39. The van der Waals surface area contributed by atoms with Gasteiger partial charge in [-0.25, -0.2) is 0 Å². The molecule has 0 radical (unpaired) electrons. The van der Waals surface area contributed by atoms with E-state index < -0.39 is 0 Å². The van der Waals surface area contributed by atoms with E-state index in [0.717, 1.165) is 24.2 Å². The van der Waals surface area contributed by atoms with Gasteiger partial charge in [0.25, 0.3) is 0 Å². The van der Waals surface area contributed by atoms with Crippen LogP contribution in [0, 0.1) is 0 Å². The smallest absolute Gasteiger partial charge is 0.127 e. The van der Waals surface area contributed by atoms with Crippen molar-refractivity contribution in [3.8, 4) is 28.0 Å². The van der Waals surface area contributed by atoms with Crippen molar-refractivity contribution in [2.45, 2.75) is 12.5 Å². The van der Waals surface area contributed by atoms with Gasteiger partial charge in [-0.2, -0.15) is 0 Å². The Bertz CT molecular complexity index is 1200. The Labute approximate surface area is 164 Å². The number of benzene rings is 4. The van der Waals surface area contributed by atoms with Crippen LogP contribution in [-0.4, -0.2) is 19.3 Å². The molecule has 2 nitrogen and oxygen atoms in total. The summed E-state index contributed by atoms with van der Waals surface area (Å²) in [6, 6.07) is 28.3. The van der Waals surface area contributed by atoms with Gasteiger partial charge < -0.3 is 9.47 Å². The SMILES string of the molecule is c1ccc2c(c1)Cc1c-2cccc1-c1ccc(OCC2CO2)c2ccccc12. The molecular formula is C26H20O2. The highest BCUT2D eigenvalue weighted by Crippen LogP contribution is 2.44. The Morgan fingerprint density at radius 1 is 0.714 bits per heavy atom. The fraction of sp³-hybridized carbons (Fsp3) is 0.154. The van der Waals surface area contributed by atoms with Crippen LogP contribution >= 0.6 is 0 Å². The maximum Gasteiger partial charge on any atom is 0.127 e. The van der Waals surface area contributed by atoms with Gasteiger partial charge in [-0.15, -0.1) is 0 Å². The Morgan fingerprint density at radius 2 is 1.43 bits per heavy atom. The first kappa shape index (κ1) is 15.9. The van der Waals surface area contributed by atoms with Gasteiger partial charge in [0.1, 0.15) is 18.5 Å². The average Bonchev–Trinajstić information content (AvgIpc) is 3.50. The summed E-state index contributed by atoms with van der Waals surface area (Å²) in [4.78, 5) is 0. The summed E-state index contributed by atoms with van der Waals surface area (Å²) in [5.41, 5.74) is 8.17. The molecule has 1 aliphatic heterocycles. The largest absolute Gasteiger partial charge is 0.490 e. The van der Waals surface area contributed by atoms with Gasteiger partial charge in [0, 0.05) is 5.39 Å². The summed E-state index contributed by atoms with van der Waals surface area (Å²) in [6.45, 7) is 1.44. The van der Waals surface area contributed by atoms with Crippen LogP contribution in [0.1, 0.15) is 11.1 Å². The Kier molecular flexibility index (Phi) is 3.53. The van der Waals surface area contributed by atoms with Crippen LogP contribution in [0.2, 0.25) is 0 Å². The van der Waals surface area contributed by atoms with E-state index in [1.807, 2.05) is 0 Å². The predicted octanol–water partition coefficient (Wildman–Crippen LogP) is 5.86. The van der Waals surface area contributed by atoms with E-state index in [2.05, 4.69) is 78.9 Å². The molecular weight excluding hydrogens is 344 g/mol. The van der Waals surface area contributed by atoms with E-state index in [1.165, 1.54) is 38.8 Å². The molecule has 2 heteroatoms. The summed E-state index contributed by atoms with van der Waals surface area (Å²) in [6.07, 6.45) is 1.25. The van der Waals surface area contributed by atoms with Crippen molar-refractivity contribution in [3.63, 3.8) is 0 Å². The normalized spacial score (nSPS) is 16.6. The quantitative estimate of drug-likeness (QED) is 0.373. The molecule has 0 spiro atoms. The predicted molar refractivity (Wildman–Crippen MR) is 113 cm³/mol. The van der Waals surface area contributed by atoms with Crippen LogP contribution in [0.15, 0.2) is 78.9 Å². The second kappa shape index (κ2) is 6.22. The van der Waals surface area contributed by atoms with Crippen molar-refractivity contribution in [1.29, 1.82) is 0 Å². The van der Waals surface area contributed by atoms with Crippen molar-refractivity contribution in [2.75, 3.05) is 13.2 Å². The van der Waals surface area contributed by atoms with Gasteiger partial charge >= 0.3 is 0 Å². The lowest BCUT2D eigenvalue weighted by Gasteiger charge is -2.15. The Balaban J connectivity index is 1.50. The Hall–Kier alpha value is -3.10. The van der Waals surface area contributed by atoms with Crippen molar-refractivity contribution in [3.05, 3.63) is 90.0 Å². The molecule has 4 aromatic carbocycles. The lowest BCUT2D eigenvalue weighted by atomic mass is 9.92. The number of epoxide rings is 1. The molecule has 0 bridgehead atoms. The molecule has 28 heavy (non-hydrogen) atoms. The zero-order valence-electron chi connectivity index (χ0n) is 15.5. The molecule has 1 aliphatic carbocycles. The maximum absolute atomic E-state index is 6.05. The summed E-state index contributed by atoms with van der Waals surface area (Å²) in [5, 5.41) is 2.40. The van der Waals surface area contributed by atoms with Gasteiger partial charge in [0.2, 0.25) is 0 Å². The van der Waals surface area contributed by atoms with Gasteiger partial charge in [-0.05, 0) is 51.3 Å². The highest BCUT2D eigenvalue weighted by Gasteiger charge is 2.24. The zero-order valence-corrected chi connectivity index (χ0v) is 15.5. The minimum absolute atomic E-state index is 0.259. The first-order valence-electron chi connectivity index (χ1n) is 9.85. The standard InChI is InChI=1S/C26H20O2/c1-2-7-19-17(6-1)14-25-20(19)10-5-11-22(25)23-12-13-26(28-16-18-15-27-18)24-9-4-3-8-21(23)24/h1-13,18H,14-16H2. The molecule has 6 rings (SSSR count). The molecule has 1 unspecified atom stereocenters. The monoisotopic (exact) mass is 364 g/mol. The summed E-state index contributed by atoms with van der Waals surface area (Å²) in [5.74, 6) is 0.936. The first-order valence-corrected chi connectivity index (χ1v) is 9.85. The number of fused-ring (bicyclic) bond motifs is 4. The maximum atomic E-state index is 6.05. The van der Waals surface area contributed by atoms with Crippen LogP contribution in [0.5, 0.6) is 5.75 Å². The van der Waals surface area contributed by atoms with Gasteiger partial charge in [-0.3, -0.25) is 0 Å². The van der Waals surface area contributed by atoms with E-state index in [4.69, 9.17) is 9.47 Å². The summed E-state index contributed by atoms with van der Waals surface area (Å²) >= 11 is 0. The molecule has 4 aromatic rings. The molecule has 1 saturated heterocycles. The van der Waals surface area contributed by atoms with Crippen LogP contribution in [0.3, 0.4) is 0 Å². The molecule has 0 N–H and O–H groups in total. The van der Waals surface area contributed by atoms with Gasteiger partial charge in [-0.1, -0.05) is 72.8 Å². The molecule has 0 amide bonds. The summed E-state index contributed by atoms with van der Waals surface area (Å²) < 4.78 is 11.3. The molecule has 136 valence electrons. The molecule has 0 saturated carbocycles. The van der Waals surface area contributed by atoms with E-state index >= 15 is 0 Å². The van der Waals surface area contributed by atoms with E-state index in [-0.39, 0.29) is 6.10 Å². The molecule has 1 atom stereocenters. The van der Waals surface area contributed by atoms with E-state index in [0.29, 0.717) is 6.61 Å². The van der Waals surface area contributed by atoms with Crippen LogP contribution in [0.25, 0.3) is 33.0 Å². The third-order valence-electron chi connectivity index (χ3n) is 5.85. The minimum Gasteiger partial charge on any atom is -0.490 e. The highest BCUT2D eigenvalue weighted by molar-refractivity contribution is 6.02. The molecule has 0 aromatic heterocycles. The number of hydrogen-bond acceptors (Lipinski definition) is 2. The van der Waals surface area contributed by atoms with E-state index in [1.54, 1.807) is 0 Å². The lowest BCUT2D eigenvalue weighted by molar-refractivity contribution is 0.265. The van der Waals surface area contributed by atoms with Crippen molar-refractivity contribution >= 4 is 10.8 Å². The van der Waals surface area contributed by atoms with Crippen LogP contribution in [0.4, 0.5) is 0 Å². The second-order valence-electron chi connectivity index (χ2n) is 7.59. The fourth-order valence-electron chi connectivity index (χ4n) is 4.39. The number of ether oxygens (including phenoxy) is 2. The zero-order chi connectivity index (χ0) is 18.5. The van der Waals surface area contributed by atoms with Crippen molar-refractivity contribution in [1.82, 2.24) is 0 Å². The lowest BCUT2D eigenvalue weighted by Crippen LogP contribution is -2.04. The average molecular weight is 364 g/mol. The number of hydrogen-bond donors (Lipinski definition) is 0. The molecule has 2 aliphatic rings. The van der Waals surface area contributed by atoms with Gasteiger partial charge in [0.05, 0.1) is 6.61 Å². The highest BCUT2D eigenvalue weighted by atomic mass is 16.6. The first-order chi connectivity index (χ1) is 13.9. The molecule has 1 heterocycles. The third kappa shape index (κ3) is 2.53. The second-order valence-corrected chi connectivity index (χ2v) is 7.59. The topological polar surface area (TPSA) is 21.8 Å².